The summed E-state index contributed by atoms with van der Waals surface area (Å²) in [7, 11) is 0. The van der Waals surface area contributed by atoms with Gasteiger partial charge >= 0.3 is 0 Å². The monoisotopic (exact) mass is 470 g/mol. The van der Waals surface area contributed by atoms with Crippen molar-refractivity contribution in [2.75, 3.05) is 11.9 Å². The number of hydrogen-bond acceptors (Lipinski definition) is 6. The van der Waals surface area contributed by atoms with Crippen LogP contribution >= 0.6 is 0 Å². The highest BCUT2D eigenvalue weighted by Gasteiger charge is 2.26. The van der Waals surface area contributed by atoms with E-state index in [1.807, 2.05) is 39.0 Å². The Labute approximate surface area is 199 Å². The van der Waals surface area contributed by atoms with E-state index in [1.165, 1.54) is 10.6 Å². The van der Waals surface area contributed by atoms with Crippen molar-refractivity contribution in [3.05, 3.63) is 48.8 Å². The number of anilines is 1. The third-order valence-corrected chi connectivity index (χ3v) is 4.95. The van der Waals surface area contributed by atoms with Crippen LogP contribution in [-0.2, 0) is 11.3 Å². The van der Waals surface area contributed by atoms with Crippen LogP contribution in [0, 0.1) is 5.92 Å². The molecule has 0 bridgehead atoms. The minimum absolute atomic E-state index is 0.0859. The molecule has 0 saturated carbocycles. The van der Waals surface area contributed by atoms with Gasteiger partial charge in [-0.1, -0.05) is 26.0 Å². The highest BCUT2D eigenvalue weighted by Crippen LogP contribution is 2.36. The average Bonchev–Trinajstić information content (AvgIpc) is 3.32. The first-order chi connectivity index (χ1) is 16.1. The molecule has 0 aliphatic rings. The van der Waals surface area contributed by atoms with Crippen LogP contribution in [0.2, 0.25) is 0 Å². The molecule has 0 unspecified atom stereocenters. The Morgan fingerprint density at radius 2 is 1.91 bits per heavy atom. The fourth-order valence-corrected chi connectivity index (χ4v) is 3.60. The lowest BCUT2D eigenvalue weighted by atomic mass is 10.0. The number of nitrogens with zero attached hydrogens (tertiary/aromatic N) is 3. The SMILES string of the molecule is CCOc1ccccc1Oc1cc(O)n([C@@H](CC(C)C)C(=O)Nc2ccn(CC(C)(C)O)n2)c1. The lowest BCUT2D eigenvalue weighted by Gasteiger charge is -2.20. The number of amides is 1. The smallest absolute Gasteiger partial charge is 0.248 e. The molecule has 1 aromatic carbocycles. The van der Waals surface area contributed by atoms with E-state index in [0.717, 1.165) is 0 Å². The molecule has 3 N–H and O–H groups in total. The number of ether oxygens (including phenoxy) is 2. The summed E-state index contributed by atoms with van der Waals surface area (Å²) < 4.78 is 14.6. The predicted molar refractivity (Wildman–Crippen MR) is 129 cm³/mol. The van der Waals surface area contributed by atoms with E-state index in [-0.39, 0.29) is 17.7 Å². The summed E-state index contributed by atoms with van der Waals surface area (Å²) in [6, 6.07) is 9.74. The van der Waals surface area contributed by atoms with Crippen LogP contribution < -0.4 is 14.8 Å². The third kappa shape index (κ3) is 6.77. The Hall–Kier alpha value is -3.46. The molecule has 1 amide bonds. The second-order valence-electron chi connectivity index (χ2n) is 9.27. The number of aromatic nitrogens is 3. The van der Waals surface area contributed by atoms with E-state index >= 15 is 0 Å². The summed E-state index contributed by atoms with van der Waals surface area (Å²) in [5, 5.41) is 27.8. The van der Waals surface area contributed by atoms with Gasteiger partial charge < -0.3 is 29.6 Å². The fraction of sp³-hybridized carbons (Fsp3) is 0.440. The van der Waals surface area contributed by atoms with Gasteiger partial charge in [0.25, 0.3) is 0 Å². The summed E-state index contributed by atoms with van der Waals surface area (Å²) in [4.78, 5) is 13.2. The van der Waals surface area contributed by atoms with E-state index < -0.39 is 11.6 Å². The summed E-state index contributed by atoms with van der Waals surface area (Å²) in [5.74, 6) is 1.66. The molecule has 0 aliphatic carbocycles. The van der Waals surface area contributed by atoms with E-state index in [9.17, 15) is 15.0 Å². The maximum Gasteiger partial charge on any atom is 0.248 e. The van der Waals surface area contributed by atoms with Crippen molar-refractivity contribution >= 4 is 11.7 Å². The van der Waals surface area contributed by atoms with E-state index in [1.54, 1.807) is 43.1 Å². The largest absolute Gasteiger partial charge is 0.494 e. The van der Waals surface area contributed by atoms with Gasteiger partial charge in [0.1, 0.15) is 11.8 Å². The summed E-state index contributed by atoms with van der Waals surface area (Å²) in [6.07, 6.45) is 3.80. The van der Waals surface area contributed by atoms with E-state index in [2.05, 4.69) is 10.4 Å². The van der Waals surface area contributed by atoms with E-state index in [4.69, 9.17) is 9.47 Å². The van der Waals surface area contributed by atoms with Gasteiger partial charge in [-0.3, -0.25) is 9.48 Å². The van der Waals surface area contributed by atoms with Gasteiger partial charge in [-0.25, -0.2) is 0 Å². The summed E-state index contributed by atoms with van der Waals surface area (Å²) >= 11 is 0. The molecule has 1 atom stereocenters. The number of nitrogens with one attached hydrogen (secondary N) is 1. The molecule has 3 aromatic rings. The van der Waals surface area contributed by atoms with Crippen molar-refractivity contribution in [3.63, 3.8) is 0 Å². The van der Waals surface area contributed by atoms with Crippen LogP contribution in [-0.4, -0.2) is 42.7 Å². The van der Waals surface area contributed by atoms with Crippen molar-refractivity contribution in [2.24, 2.45) is 5.92 Å². The molecule has 0 fully saturated rings. The highest BCUT2D eigenvalue weighted by molar-refractivity contribution is 5.93. The topological polar surface area (TPSA) is 111 Å². The number of para-hydroxylation sites is 2. The third-order valence-electron chi connectivity index (χ3n) is 4.95. The van der Waals surface area contributed by atoms with Crippen LogP contribution in [0.3, 0.4) is 0 Å². The van der Waals surface area contributed by atoms with Crippen LogP contribution in [0.15, 0.2) is 48.8 Å². The zero-order valence-corrected chi connectivity index (χ0v) is 20.4. The van der Waals surface area contributed by atoms with Crippen molar-refractivity contribution in [3.8, 4) is 23.1 Å². The van der Waals surface area contributed by atoms with Crippen molar-refractivity contribution < 1.29 is 24.5 Å². The summed E-state index contributed by atoms with van der Waals surface area (Å²) in [5.41, 5.74) is -0.929. The lowest BCUT2D eigenvalue weighted by Crippen LogP contribution is -2.28. The first-order valence-electron chi connectivity index (χ1n) is 11.4. The first kappa shape index (κ1) is 25.2. The number of aliphatic hydroxyl groups is 1. The van der Waals surface area contributed by atoms with Gasteiger partial charge in [-0.2, -0.15) is 5.10 Å². The number of carbonyl (C=O) groups excluding carboxylic acids is 1. The zero-order valence-electron chi connectivity index (χ0n) is 20.4. The molecule has 34 heavy (non-hydrogen) atoms. The van der Waals surface area contributed by atoms with Crippen molar-refractivity contribution in [1.29, 1.82) is 0 Å². The molecule has 184 valence electrons. The number of hydrogen-bond donors (Lipinski definition) is 3. The van der Waals surface area contributed by atoms with Gasteiger partial charge in [-0.05, 0) is 45.2 Å². The molecule has 9 nitrogen and oxygen atoms in total. The molecular formula is C25H34N4O5. The summed E-state index contributed by atoms with van der Waals surface area (Å²) in [6.45, 7) is 10.1. The van der Waals surface area contributed by atoms with Gasteiger partial charge in [0.15, 0.2) is 23.2 Å². The molecule has 2 aromatic heterocycles. The lowest BCUT2D eigenvalue weighted by molar-refractivity contribution is -0.119. The van der Waals surface area contributed by atoms with Crippen LogP contribution in [0.5, 0.6) is 23.1 Å². The molecule has 0 saturated heterocycles. The normalized spacial score (nSPS) is 12.6. The Balaban J connectivity index is 1.80. The van der Waals surface area contributed by atoms with Crippen molar-refractivity contribution in [1.82, 2.24) is 14.3 Å². The van der Waals surface area contributed by atoms with Gasteiger partial charge in [-0.15, -0.1) is 0 Å². The number of carbonyl (C=O) groups is 1. The number of aromatic hydroxyl groups is 1. The number of rotatable bonds is 11. The highest BCUT2D eigenvalue weighted by atomic mass is 16.5. The Bertz CT molecular complexity index is 1100. The molecule has 0 spiro atoms. The molecule has 9 heteroatoms. The van der Waals surface area contributed by atoms with E-state index in [0.29, 0.717) is 42.6 Å². The average molecular weight is 471 g/mol. The van der Waals surface area contributed by atoms with Crippen LogP contribution in [0.4, 0.5) is 5.82 Å². The van der Waals surface area contributed by atoms with Crippen molar-refractivity contribution in [2.45, 2.75) is 59.2 Å². The zero-order chi connectivity index (χ0) is 24.9. The maximum absolute atomic E-state index is 13.2. The van der Waals surface area contributed by atoms with Crippen LogP contribution in [0.25, 0.3) is 0 Å². The van der Waals surface area contributed by atoms with Gasteiger partial charge in [0.05, 0.1) is 24.9 Å². The Kier molecular flexibility index (Phi) is 7.88. The molecule has 0 radical (unpaired) electrons. The fourth-order valence-electron chi connectivity index (χ4n) is 3.60. The Morgan fingerprint density at radius 3 is 2.56 bits per heavy atom. The quantitative estimate of drug-likeness (QED) is 0.378. The van der Waals surface area contributed by atoms with Crippen LogP contribution in [0.1, 0.15) is 47.1 Å². The predicted octanol–water partition coefficient (Wildman–Crippen LogP) is 4.58. The second kappa shape index (κ2) is 10.6. The van der Waals surface area contributed by atoms with Gasteiger partial charge in [0, 0.05) is 18.3 Å². The second-order valence-corrected chi connectivity index (χ2v) is 9.27. The maximum atomic E-state index is 13.2. The first-order valence-corrected chi connectivity index (χ1v) is 11.4. The number of benzene rings is 1. The minimum Gasteiger partial charge on any atom is -0.494 e. The molecular weight excluding hydrogens is 436 g/mol. The standard InChI is InChI=1S/C25H34N4O5/c1-6-33-20-9-7-8-10-21(20)34-18-14-23(30)29(15-18)19(13-17(2)3)24(31)26-22-11-12-28(27-22)16-25(4,5)32/h7-12,14-15,17,19,30,32H,6,13,16H2,1-5H3,(H,26,27,31)/t19-/m0/s1. The van der Waals surface area contributed by atoms with Gasteiger partial charge in [0.2, 0.25) is 5.91 Å². The minimum atomic E-state index is -0.929. The Morgan fingerprint density at radius 1 is 1.21 bits per heavy atom. The molecule has 3 rings (SSSR count). The molecule has 0 aliphatic heterocycles. The molecule has 2 heterocycles.